The summed E-state index contributed by atoms with van der Waals surface area (Å²) < 4.78 is 15.6. The normalized spacial score (nSPS) is 27.3. The molecule has 164 valence electrons. The van der Waals surface area contributed by atoms with Crippen LogP contribution < -0.4 is 5.32 Å². The Morgan fingerprint density at radius 3 is 2.13 bits per heavy atom. The second kappa shape index (κ2) is 8.64. The minimum absolute atomic E-state index is 0.0570. The Morgan fingerprint density at radius 2 is 1.58 bits per heavy atom. The number of aliphatic hydroxyl groups is 2. The second-order valence-corrected chi connectivity index (χ2v) is 7.48. The number of carboxylic acid groups (broad SMARTS) is 1. The van der Waals surface area contributed by atoms with Crippen LogP contribution in [0.2, 0.25) is 0 Å². The number of carbonyl (C=O) groups excluding carboxylic acids is 1. The SMILES string of the molecule is CO[C@@H]1O[C@H](C(=O)O)[C@@H](O)[C@H](O)[C@H]1NC(=O)OCC1c2ccccc2-c2ccccc21. The molecule has 2 aromatic carbocycles. The van der Waals surface area contributed by atoms with Crippen LogP contribution in [-0.4, -0.2) is 71.7 Å². The number of ether oxygens (including phenoxy) is 3. The lowest BCUT2D eigenvalue weighted by molar-refractivity contribution is -0.256. The van der Waals surface area contributed by atoms with Gasteiger partial charge in [0.15, 0.2) is 12.4 Å². The second-order valence-electron chi connectivity index (χ2n) is 7.48. The number of aliphatic hydroxyl groups excluding tert-OH is 2. The van der Waals surface area contributed by atoms with E-state index in [2.05, 4.69) is 5.32 Å². The summed E-state index contributed by atoms with van der Waals surface area (Å²) in [7, 11) is 1.24. The van der Waals surface area contributed by atoms with Crippen molar-refractivity contribution < 1.29 is 39.1 Å². The van der Waals surface area contributed by atoms with Gasteiger partial charge in [0.25, 0.3) is 0 Å². The fourth-order valence-corrected chi connectivity index (χ4v) is 4.20. The van der Waals surface area contributed by atoms with E-state index in [1.54, 1.807) is 0 Å². The van der Waals surface area contributed by atoms with Crippen LogP contribution in [0.3, 0.4) is 0 Å². The van der Waals surface area contributed by atoms with Crippen LogP contribution in [0.25, 0.3) is 11.1 Å². The van der Waals surface area contributed by atoms with Crippen LogP contribution in [0.15, 0.2) is 48.5 Å². The molecule has 1 amide bonds. The van der Waals surface area contributed by atoms with Crippen LogP contribution in [0.1, 0.15) is 17.0 Å². The number of nitrogens with one attached hydrogen (secondary N) is 1. The van der Waals surface area contributed by atoms with Gasteiger partial charge in [-0.05, 0) is 22.3 Å². The predicted molar refractivity (Wildman–Crippen MR) is 107 cm³/mol. The number of methoxy groups -OCH3 is 1. The van der Waals surface area contributed by atoms with Gasteiger partial charge in [0.1, 0.15) is 24.9 Å². The topological polar surface area (TPSA) is 135 Å². The molecule has 1 aliphatic heterocycles. The van der Waals surface area contributed by atoms with Crippen molar-refractivity contribution in [3.05, 3.63) is 59.7 Å². The van der Waals surface area contributed by atoms with Gasteiger partial charge in [-0.3, -0.25) is 0 Å². The average molecular weight is 429 g/mol. The molecule has 5 atom stereocenters. The van der Waals surface area contributed by atoms with E-state index < -0.39 is 42.7 Å². The zero-order valence-corrected chi connectivity index (χ0v) is 16.7. The molecule has 1 aliphatic carbocycles. The molecule has 4 rings (SSSR count). The van der Waals surface area contributed by atoms with Crippen molar-refractivity contribution in [2.24, 2.45) is 0 Å². The smallest absolute Gasteiger partial charge is 0.407 e. The highest BCUT2D eigenvalue weighted by Crippen LogP contribution is 2.44. The summed E-state index contributed by atoms with van der Waals surface area (Å²) >= 11 is 0. The van der Waals surface area contributed by atoms with Crippen LogP contribution in [0.5, 0.6) is 0 Å². The molecule has 0 bridgehead atoms. The zero-order valence-electron chi connectivity index (χ0n) is 16.7. The van der Waals surface area contributed by atoms with Gasteiger partial charge in [-0.15, -0.1) is 0 Å². The van der Waals surface area contributed by atoms with Gasteiger partial charge in [0.2, 0.25) is 0 Å². The summed E-state index contributed by atoms with van der Waals surface area (Å²) in [6.45, 7) is 0.0570. The van der Waals surface area contributed by atoms with Gasteiger partial charge in [-0.25, -0.2) is 9.59 Å². The van der Waals surface area contributed by atoms with Crippen molar-refractivity contribution in [1.29, 1.82) is 0 Å². The number of amides is 1. The number of hydrogen-bond donors (Lipinski definition) is 4. The number of fused-ring (bicyclic) bond motifs is 3. The average Bonchev–Trinajstić information content (AvgIpc) is 3.09. The van der Waals surface area contributed by atoms with Crippen molar-refractivity contribution in [3.8, 4) is 11.1 Å². The van der Waals surface area contributed by atoms with E-state index in [1.165, 1.54) is 7.11 Å². The maximum Gasteiger partial charge on any atom is 0.407 e. The lowest BCUT2D eigenvalue weighted by Gasteiger charge is -2.40. The number of carbonyl (C=O) groups is 2. The van der Waals surface area contributed by atoms with Crippen molar-refractivity contribution >= 4 is 12.1 Å². The lowest BCUT2D eigenvalue weighted by atomic mass is 9.97. The maximum atomic E-state index is 12.5. The molecular weight excluding hydrogens is 406 g/mol. The molecule has 0 aromatic heterocycles. The summed E-state index contributed by atoms with van der Waals surface area (Å²) in [6.07, 6.45) is -7.18. The Bertz CT molecular complexity index is 932. The number of hydrogen-bond acceptors (Lipinski definition) is 7. The first-order chi connectivity index (χ1) is 14.9. The fraction of sp³-hybridized carbons (Fsp3) is 0.364. The summed E-state index contributed by atoms with van der Waals surface area (Å²) in [5, 5.41) is 31.9. The molecule has 0 spiro atoms. The molecule has 9 heteroatoms. The van der Waals surface area contributed by atoms with Gasteiger partial charge >= 0.3 is 12.1 Å². The molecule has 1 fully saturated rings. The number of aliphatic carboxylic acids is 1. The summed E-state index contributed by atoms with van der Waals surface area (Å²) in [6, 6.07) is 14.6. The standard InChI is InChI=1S/C22H23NO8/c1-29-21-16(17(24)18(25)19(31-21)20(26)27)23-22(28)30-10-15-13-8-4-2-6-11(13)12-7-3-5-9-14(12)15/h2-9,15-19,21,24-25H,10H2,1H3,(H,23,28)(H,26,27)/t16-,17-,18+,19+,21-/m1/s1. The third kappa shape index (κ3) is 3.88. The van der Waals surface area contributed by atoms with E-state index in [9.17, 15) is 19.8 Å². The van der Waals surface area contributed by atoms with E-state index in [-0.39, 0.29) is 12.5 Å². The first-order valence-electron chi connectivity index (χ1n) is 9.81. The first kappa shape index (κ1) is 21.3. The lowest BCUT2D eigenvalue weighted by Crippen LogP contribution is -2.65. The third-order valence-electron chi connectivity index (χ3n) is 5.71. The molecule has 0 radical (unpaired) electrons. The first-order valence-corrected chi connectivity index (χ1v) is 9.81. The van der Waals surface area contributed by atoms with E-state index in [1.807, 2.05) is 48.5 Å². The van der Waals surface area contributed by atoms with Gasteiger partial charge in [-0.2, -0.15) is 0 Å². The Hall–Kier alpha value is -2.98. The summed E-state index contributed by atoms with van der Waals surface area (Å²) in [4.78, 5) is 23.7. The zero-order chi connectivity index (χ0) is 22.1. The Morgan fingerprint density at radius 1 is 1.00 bits per heavy atom. The predicted octanol–water partition coefficient (Wildman–Crippen LogP) is 1.07. The molecule has 2 aromatic rings. The van der Waals surface area contributed by atoms with Crippen molar-refractivity contribution in [2.75, 3.05) is 13.7 Å². The van der Waals surface area contributed by atoms with Crippen LogP contribution in [-0.2, 0) is 19.0 Å². The minimum atomic E-state index is -1.75. The van der Waals surface area contributed by atoms with Crippen LogP contribution in [0, 0.1) is 0 Å². The molecular formula is C22H23NO8. The minimum Gasteiger partial charge on any atom is -0.479 e. The monoisotopic (exact) mass is 429 g/mol. The Kier molecular flexibility index (Phi) is 5.92. The summed E-state index contributed by atoms with van der Waals surface area (Å²) in [5.41, 5.74) is 4.27. The van der Waals surface area contributed by atoms with Gasteiger partial charge in [0.05, 0.1) is 0 Å². The van der Waals surface area contributed by atoms with Gasteiger partial charge in [-0.1, -0.05) is 48.5 Å². The Balaban J connectivity index is 1.44. The fourth-order valence-electron chi connectivity index (χ4n) is 4.20. The molecule has 9 nitrogen and oxygen atoms in total. The highest BCUT2D eigenvalue weighted by Gasteiger charge is 2.48. The molecule has 1 saturated heterocycles. The molecule has 4 N–H and O–H groups in total. The Labute approximate surface area is 178 Å². The van der Waals surface area contributed by atoms with Crippen LogP contribution >= 0.6 is 0 Å². The highest BCUT2D eigenvalue weighted by molar-refractivity contribution is 5.79. The van der Waals surface area contributed by atoms with Gasteiger partial charge in [0, 0.05) is 13.0 Å². The van der Waals surface area contributed by atoms with Crippen molar-refractivity contribution in [1.82, 2.24) is 5.32 Å². The molecule has 1 heterocycles. The number of benzene rings is 2. The number of alkyl carbamates (subject to hydrolysis) is 1. The highest BCUT2D eigenvalue weighted by atomic mass is 16.7. The number of carboxylic acids is 1. The quantitative estimate of drug-likeness (QED) is 0.555. The summed E-state index contributed by atoms with van der Waals surface area (Å²) in [5.74, 6) is -1.60. The van der Waals surface area contributed by atoms with E-state index in [0.717, 1.165) is 22.3 Å². The largest absolute Gasteiger partial charge is 0.479 e. The molecule has 0 saturated carbocycles. The number of rotatable bonds is 5. The van der Waals surface area contributed by atoms with Crippen LogP contribution in [0.4, 0.5) is 4.79 Å². The molecule has 31 heavy (non-hydrogen) atoms. The maximum absolute atomic E-state index is 12.5. The van der Waals surface area contributed by atoms with E-state index in [0.29, 0.717) is 0 Å². The van der Waals surface area contributed by atoms with Crippen molar-refractivity contribution in [2.45, 2.75) is 36.6 Å². The molecule has 0 unspecified atom stereocenters. The van der Waals surface area contributed by atoms with Crippen molar-refractivity contribution in [3.63, 3.8) is 0 Å². The molecule has 2 aliphatic rings. The third-order valence-corrected chi connectivity index (χ3v) is 5.71. The van der Waals surface area contributed by atoms with E-state index in [4.69, 9.17) is 19.3 Å². The van der Waals surface area contributed by atoms with E-state index >= 15 is 0 Å². The van der Waals surface area contributed by atoms with Gasteiger partial charge < -0.3 is 34.8 Å².